The standard InChI is InChI=1S/C7H12OSi/c1-2-8-9-7-5-3-4-6-7/h3-7H,2,9H2,1H3. The molecule has 9 heavy (non-hydrogen) atoms. The number of allylic oxidation sites excluding steroid dienone is 4. The van der Waals surface area contributed by atoms with E-state index in [0.29, 0.717) is 5.54 Å². The zero-order valence-corrected chi connectivity index (χ0v) is 7.12. The molecule has 0 N–H and O–H groups in total. The first-order valence-electron chi connectivity index (χ1n) is 3.36. The van der Waals surface area contributed by atoms with Gasteiger partial charge in [0.15, 0.2) is 9.76 Å². The van der Waals surface area contributed by atoms with Crippen LogP contribution in [0.15, 0.2) is 24.3 Å². The molecule has 0 aliphatic heterocycles. The molecule has 0 saturated heterocycles. The van der Waals surface area contributed by atoms with Gasteiger partial charge >= 0.3 is 0 Å². The molecule has 1 aliphatic rings. The van der Waals surface area contributed by atoms with Crippen LogP contribution in [-0.2, 0) is 4.43 Å². The van der Waals surface area contributed by atoms with Crippen LogP contribution in [0.3, 0.4) is 0 Å². The van der Waals surface area contributed by atoms with E-state index in [1.54, 1.807) is 0 Å². The molecule has 2 heteroatoms. The van der Waals surface area contributed by atoms with E-state index in [1.165, 1.54) is 0 Å². The number of rotatable bonds is 3. The van der Waals surface area contributed by atoms with Crippen LogP contribution in [-0.4, -0.2) is 16.4 Å². The smallest absolute Gasteiger partial charge is 0.172 e. The topological polar surface area (TPSA) is 9.23 Å². The predicted molar refractivity (Wildman–Crippen MR) is 42.2 cm³/mol. The fourth-order valence-corrected chi connectivity index (χ4v) is 1.89. The van der Waals surface area contributed by atoms with Crippen molar-refractivity contribution in [3.63, 3.8) is 0 Å². The van der Waals surface area contributed by atoms with Crippen molar-refractivity contribution in [1.82, 2.24) is 0 Å². The average molecular weight is 140 g/mol. The van der Waals surface area contributed by atoms with Crippen molar-refractivity contribution in [2.24, 2.45) is 0 Å². The molecule has 0 saturated carbocycles. The van der Waals surface area contributed by atoms with E-state index in [0.717, 1.165) is 6.61 Å². The second-order valence-electron chi connectivity index (χ2n) is 2.09. The molecule has 0 unspecified atom stereocenters. The van der Waals surface area contributed by atoms with Crippen molar-refractivity contribution < 1.29 is 4.43 Å². The lowest BCUT2D eigenvalue weighted by molar-refractivity contribution is 0.359. The molecule has 0 amide bonds. The summed E-state index contributed by atoms with van der Waals surface area (Å²) in [6.45, 7) is 2.93. The van der Waals surface area contributed by atoms with Gasteiger partial charge < -0.3 is 4.43 Å². The highest BCUT2D eigenvalue weighted by Gasteiger charge is 2.02. The van der Waals surface area contributed by atoms with E-state index < -0.39 is 0 Å². The summed E-state index contributed by atoms with van der Waals surface area (Å²) in [5.74, 6) is 0. The molecule has 50 valence electrons. The molecule has 0 fully saturated rings. The third-order valence-electron chi connectivity index (χ3n) is 1.34. The molecule has 0 radical (unpaired) electrons. The lowest BCUT2D eigenvalue weighted by Gasteiger charge is -2.01. The van der Waals surface area contributed by atoms with Gasteiger partial charge in [-0.3, -0.25) is 0 Å². The Balaban J connectivity index is 2.13. The van der Waals surface area contributed by atoms with Crippen molar-refractivity contribution in [1.29, 1.82) is 0 Å². The molecule has 0 heterocycles. The van der Waals surface area contributed by atoms with Crippen LogP contribution in [0.4, 0.5) is 0 Å². The van der Waals surface area contributed by atoms with Gasteiger partial charge in [-0.1, -0.05) is 24.3 Å². The van der Waals surface area contributed by atoms with Gasteiger partial charge in [0.05, 0.1) is 0 Å². The van der Waals surface area contributed by atoms with E-state index in [4.69, 9.17) is 4.43 Å². The summed E-state index contributed by atoms with van der Waals surface area (Å²) in [5.41, 5.74) is 0.671. The zero-order chi connectivity index (χ0) is 6.53. The normalized spacial score (nSPS) is 18.8. The van der Waals surface area contributed by atoms with Crippen LogP contribution >= 0.6 is 0 Å². The Morgan fingerprint density at radius 3 is 2.67 bits per heavy atom. The van der Waals surface area contributed by atoms with Crippen LogP contribution < -0.4 is 0 Å². The first kappa shape index (κ1) is 6.77. The second-order valence-corrected chi connectivity index (χ2v) is 3.78. The zero-order valence-electron chi connectivity index (χ0n) is 5.71. The fraction of sp³-hybridized carbons (Fsp3) is 0.429. The first-order chi connectivity index (χ1) is 4.43. The molecule has 0 aromatic rings. The highest BCUT2D eigenvalue weighted by molar-refractivity contribution is 6.31. The Kier molecular flexibility index (Phi) is 2.74. The Labute approximate surface area is 58.4 Å². The SMILES string of the molecule is CCO[SiH2]C1C=CC=C1. The molecule has 1 nitrogen and oxygen atoms in total. The molecule has 0 aromatic carbocycles. The largest absolute Gasteiger partial charge is 0.423 e. The van der Waals surface area contributed by atoms with E-state index in [2.05, 4.69) is 31.2 Å². The molecule has 1 rings (SSSR count). The van der Waals surface area contributed by atoms with Crippen molar-refractivity contribution in [3.05, 3.63) is 24.3 Å². The van der Waals surface area contributed by atoms with Gasteiger partial charge in [-0.25, -0.2) is 0 Å². The summed E-state index contributed by atoms with van der Waals surface area (Å²) in [6.07, 6.45) is 8.61. The molecule has 0 spiro atoms. The van der Waals surface area contributed by atoms with Gasteiger partial charge in [0.2, 0.25) is 0 Å². The lowest BCUT2D eigenvalue weighted by Crippen LogP contribution is -2.02. The van der Waals surface area contributed by atoms with Gasteiger partial charge in [0.1, 0.15) is 0 Å². The summed E-state index contributed by atoms with van der Waals surface area (Å²) in [5, 5.41) is 0. The van der Waals surface area contributed by atoms with E-state index in [9.17, 15) is 0 Å². The average Bonchev–Trinajstić information content (AvgIpc) is 2.34. The van der Waals surface area contributed by atoms with Crippen LogP contribution in [0.5, 0.6) is 0 Å². The minimum Gasteiger partial charge on any atom is -0.423 e. The van der Waals surface area contributed by atoms with Gasteiger partial charge in [0.25, 0.3) is 0 Å². The van der Waals surface area contributed by atoms with Gasteiger partial charge in [-0.2, -0.15) is 0 Å². The van der Waals surface area contributed by atoms with Crippen molar-refractivity contribution in [3.8, 4) is 0 Å². The maximum Gasteiger partial charge on any atom is 0.172 e. The van der Waals surface area contributed by atoms with E-state index in [1.807, 2.05) is 0 Å². The third kappa shape index (κ3) is 2.16. The Hall–Kier alpha value is -0.343. The second kappa shape index (κ2) is 3.64. The molecule has 1 aliphatic carbocycles. The maximum absolute atomic E-state index is 5.35. The third-order valence-corrected chi connectivity index (χ3v) is 2.92. The summed E-state index contributed by atoms with van der Waals surface area (Å²) in [4.78, 5) is 0. The van der Waals surface area contributed by atoms with E-state index in [-0.39, 0.29) is 9.76 Å². The molecule has 0 bridgehead atoms. The maximum atomic E-state index is 5.35. The van der Waals surface area contributed by atoms with Crippen LogP contribution in [0.1, 0.15) is 6.92 Å². The summed E-state index contributed by atoms with van der Waals surface area (Å²) >= 11 is 0. The monoisotopic (exact) mass is 140 g/mol. The van der Waals surface area contributed by atoms with Crippen LogP contribution in [0, 0.1) is 0 Å². The van der Waals surface area contributed by atoms with E-state index >= 15 is 0 Å². The Bertz CT molecular complexity index is 117. The Morgan fingerprint density at radius 2 is 2.11 bits per heavy atom. The quantitative estimate of drug-likeness (QED) is 0.532. The van der Waals surface area contributed by atoms with Gasteiger partial charge in [-0.15, -0.1) is 0 Å². The first-order valence-corrected chi connectivity index (χ1v) is 4.75. The number of hydrogen-bond donors (Lipinski definition) is 0. The molecular weight excluding hydrogens is 128 g/mol. The van der Waals surface area contributed by atoms with Crippen molar-refractivity contribution in [2.75, 3.05) is 6.61 Å². The summed E-state index contributed by atoms with van der Waals surface area (Å²) in [6, 6.07) is 0. The van der Waals surface area contributed by atoms with Crippen molar-refractivity contribution >= 4 is 9.76 Å². The van der Waals surface area contributed by atoms with Gasteiger partial charge in [-0.05, 0) is 6.92 Å². The molecule has 0 atom stereocenters. The van der Waals surface area contributed by atoms with Crippen LogP contribution in [0.25, 0.3) is 0 Å². The van der Waals surface area contributed by atoms with Crippen LogP contribution in [0.2, 0.25) is 5.54 Å². The predicted octanol–water partition coefficient (Wildman–Crippen LogP) is 1.02. The molecule has 0 aromatic heterocycles. The fourth-order valence-electron chi connectivity index (χ4n) is 0.843. The number of hydrogen-bond acceptors (Lipinski definition) is 1. The highest BCUT2D eigenvalue weighted by Crippen LogP contribution is 2.13. The lowest BCUT2D eigenvalue weighted by atomic mass is 10.5. The highest BCUT2D eigenvalue weighted by atomic mass is 28.2. The van der Waals surface area contributed by atoms with Crippen molar-refractivity contribution in [2.45, 2.75) is 12.5 Å². The Morgan fingerprint density at radius 1 is 1.44 bits per heavy atom. The summed E-state index contributed by atoms with van der Waals surface area (Å²) in [7, 11) is -0.286. The summed E-state index contributed by atoms with van der Waals surface area (Å²) < 4.78 is 5.35. The molecular formula is C7H12OSi. The minimum atomic E-state index is -0.286. The minimum absolute atomic E-state index is 0.286. The van der Waals surface area contributed by atoms with Gasteiger partial charge in [0, 0.05) is 12.1 Å².